The number of methoxy groups -OCH3 is 1. The van der Waals surface area contributed by atoms with Crippen molar-refractivity contribution in [3.8, 4) is 5.75 Å². The molecule has 1 fully saturated rings. The van der Waals surface area contributed by atoms with Crippen LogP contribution in [0, 0.1) is 12.8 Å². The van der Waals surface area contributed by atoms with E-state index < -0.39 is 16.1 Å². The molecule has 0 radical (unpaired) electrons. The fourth-order valence-electron chi connectivity index (χ4n) is 4.50. The highest BCUT2D eigenvalue weighted by Gasteiger charge is 2.36. The largest absolute Gasteiger partial charge is 0.496 e. The van der Waals surface area contributed by atoms with Crippen LogP contribution >= 0.6 is 0 Å². The Kier molecular flexibility index (Phi) is 6.07. The van der Waals surface area contributed by atoms with Crippen molar-refractivity contribution < 1.29 is 17.9 Å². The van der Waals surface area contributed by atoms with Gasteiger partial charge in [0.2, 0.25) is 15.9 Å². The first kappa shape index (κ1) is 22.8. The molecule has 1 N–H and O–H groups in total. The Morgan fingerprint density at radius 2 is 1.84 bits per heavy atom. The monoisotopic (exact) mass is 456 g/mol. The molecule has 1 saturated carbocycles. The molecular weight excluding hydrogens is 424 g/mol. The average molecular weight is 457 g/mol. The van der Waals surface area contributed by atoms with Crippen molar-refractivity contribution in [2.24, 2.45) is 5.92 Å². The highest BCUT2D eigenvalue weighted by Crippen LogP contribution is 2.37. The zero-order valence-electron chi connectivity index (χ0n) is 19.4. The van der Waals surface area contributed by atoms with E-state index in [9.17, 15) is 13.2 Å². The number of nitrogens with zero attached hydrogens (tertiary/aromatic N) is 1. The van der Waals surface area contributed by atoms with Crippen LogP contribution in [0.5, 0.6) is 5.75 Å². The number of amides is 1. The summed E-state index contributed by atoms with van der Waals surface area (Å²) in [4.78, 5) is 14.5. The summed E-state index contributed by atoms with van der Waals surface area (Å²) in [5, 5.41) is 0. The minimum Gasteiger partial charge on any atom is -0.496 e. The van der Waals surface area contributed by atoms with E-state index in [0.717, 1.165) is 46.5 Å². The molecular formula is C25H32N2O4S. The number of aryl methyl sites for hydroxylation is 1. The Hall–Kier alpha value is -2.38. The second-order valence-corrected chi connectivity index (χ2v) is 11.0. The maximum Gasteiger partial charge on any atom is 0.241 e. The molecule has 2 aromatic rings. The van der Waals surface area contributed by atoms with Crippen LogP contribution in [-0.4, -0.2) is 28.0 Å². The zero-order chi connectivity index (χ0) is 23.2. The van der Waals surface area contributed by atoms with E-state index in [4.69, 9.17) is 4.74 Å². The van der Waals surface area contributed by atoms with Crippen molar-refractivity contribution in [1.29, 1.82) is 0 Å². The zero-order valence-corrected chi connectivity index (χ0v) is 20.3. The molecule has 2 aliphatic rings. The molecule has 1 aliphatic carbocycles. The lowest BCUT2D eigenvalue weighted by atomic mass is 9.94. The Bertz CT molecular complexity index is 1150. The van der Waals surface area contributed by atoms with E-state index in [1.807, 2.05) is 30.9 Å². The molecule has 2 aromatic carbocycles. The Labute approximate surface area is 191 Å². The second-order valence-electron chi connectivity index (χ2n) is 9.25. The Morgan fingerprint density at radius 1 is 1.12 bits per heavy atom. The normalized spacial score (nSPS) is 16.9. The Morgan fingerprint density at radius 3 is 2.47 bits per heavy atom. The van der Waals surface area contributed by atoms with Crippen molar-refractivity contribution in [2.75, 3.05) is 18.6 Å². The van der Waals surface area contributed by atoms with Gasteiger partial charge in [-0.15, -0.1) is 0 Å². The number of hydrogen-bond acceptors (Lipinski definition) is 4. The van der Waals surface area contributed by atoms with Gasteiger partial charge in [0.1, 0.15) is 5.75 Å². The van der Waals surface area contributed by atoms with E-state index in [1.165, 1.54) is 0 Å². The van der Waals surface area contributed by atoms with Crippen molar-refractivity contribution in [1.82, 2.24) is 4.72 Å². The molecule has 1 amide bonds. The fourth-order valence-corrected chi connectivity index (χ4v) is 5.77. The third kappa shape index (κ3) is 4.28. The highest BCUT2D eigenvalue weighted by molar-refractivity contribution is 7.89. The number of nitrogens with one attached hydrogen (secondary N) is 1. The lowest BCUT2D eigenvalue weighted by Crippen LogP contribution is -2.30. The van der Waals surface area contributed by atoms with E-state index >= 15 is 0 Å². The van der Waals surface area contributed by atoms with Crippen molar-refractivity contribution in [3.05, 3.63) is 52.6 Å². The molecule has 1 unspecified atom stereocenters. The van der Waals surface area contributed by atoms with Crippen LogP contribution in [0.15, 0.2) is 35.2 Å². The molecule has 32 heavy (non-hydrogen) atoms. The molecule has 6 nitrogen and oxygen atoms in total. The van der Waals surface area contributed by atoms with Crippen LogP contribution in [0.25, 0.3) is 0 Å². The first-order valence-electron chi connectivity index (χ1n) is 11.3. The molecule has 172 valence electrons. The lowest BCUT2D eigenvalue weighted by molar-refractivity contribution is -0.119. The standard InChI is InChI=1S/C25H32N2O4S/c1-15(2)21-14-22(16(3)12-24(21)31-5)17(4)26-32(29,30)20-8-9-23-19(13-20)10-11-27(23)25(28)18-6-7-18/h8-9,12-15,17-18,26H,6-7,10-11H2,1-5H3. The van der Waals surface area contributed by atoms with Crippen LogP contribution in [0.4, 0.5) is 5.69 Å². The second kappa shape index (κ2) is 8.52. The molecule has 1 heterocycles. The van der Waals surface area contributed by atoms with Gasteiger partial charge in [-0.05, 0) is 91.6 Å². The van der Waals surface area contributed by atoms with E-state index in [0.29, 0.717) is 13.0 Å². The average Bonchev–Trinajstić information content (AvgIpc) is 3.51. The summed E-state index contributed by atoms with van der Waals surface area (Å²) in [7, 11) is -2.07. The molecule has 4 rings (SSSR count). The smallest absolute Gasteiger partial charge is 0.241 e. The van der Waals surface area contributed by atoms with E-state index in [2.05, 4.69) is 18.6 Å². The fraction of sp³-hybridized carbons (Fsp3) is 0.480. The first-order chi connectivity index (χ1) is 15.1. The van der Waals surface area contributed by atoms with Gasteiger partial charge in [0, 0.05) is 24.2 Å². The topological polar surface area (TPSA) is 75.7 Å². The van der Waals surface area contributed by atoms with E-state index in [1.54, 1.807) is 25.3 Å². The molecule has 0 saturated heterocycles. The number of hydrogen-bond donors (Lipinski definition) is 1. The third-order valence-electron chi connectivity index (χ3n) is 6.49. The van der Waals surface area contributed by atoms with Crippen LogP contribution in [0.1, 0.15) is 67.8 Å². The predicted octanol–water partition coefficient (Wildman–Crippen LogP) is 4.47. The summed E-state index contributed by atoms with van der Waals surface area (Å²) in [6.45, 7) is 8.63. The van der Waals surface area contributed by atoms with Crippen LogP contribution in [0.3, 0.4) is 0 Å². The van der Waals surface area contributed by atoms with Gasteiger partial charge in [0.15, 0.2) is 0 Å². The lowest BCUT2D eigenvalue weighted by Gasteiger charge is -2.21. The van der Waals surface area contributed by atoms with Crippen molar-refractivity contribution >= 4 is 21.6 Å². The SMILES string of the molecule is COc1cc(C)c(C(C)NS(=O)(=O)c2ccc3c(c2)CCN3C(=O)C2CC2)cc1C(C)C. The van der Waals surface area contributed by atoms with Gasteiger partial charge in [0.05, 0.1) is 12.0 Å². The third-order valence-corrected chi connectivity index (χ3v) is 8.03. The Balaban J connectivity index is 1.57. The summed E-state index contributed by atoms with van der Waals surface area (Å²) in [5.74, 6) is 1.39. The number of rotatable bonds is 7. The summed E-state index contributed by atoms with van der Waals surface area (Å²) < 4.78 is 34.7. The van der Waals surface area contributed by atoms with Crippen LogP contribution in [-0.2, 0) is 21.2 Å². The van der Waals surface area contributed by atoms with Gasteiger partial charge < -0.3 is 9.64 Å². The first-order valence-corrected chi connectivity index (χ1v) is 12.8. The minimum absolute atomic E-state index is 0.148. The molecule has 1 atom stereocenters. The van der Waals surface area contributed by atoms with Gasteiger partial charge in [-0.1, -0.05) is 13.8 Å². The highest BCUT2D eigenvalue weighted by atomic mass is 32.2. The van der Waals surface area contributed by atoms with Gasteiger partial charge in [-0.2, -0.15) is 0 Å². The van der Waals surface area contributed by atoms with Gasteiger partial charge in [-0.3, -0.25) is 4.79 Å². The van der Waals surface area contributed by atoms with E-state index in [-0.39, 0.29) is 22.6 Å². The predicted molar refractivity (Wildman–Crippen MR) is 126 cm³/mol. The number of carbonyl (C=O) groups excluding carboxylic acids is 1. The number of ether oxygens (including phenoxy) is 1. The van der Waals surface area contributed by atoms with Crippen molar-refractivity contribution in [3.63, 3.8) is 0 Å². The molecule has 0 bridgehead atoms. The van der Waals surface area contributed by atoms with Gasteiger partial charge >= 0.3 is 0 Å². The summed E-state index contributed by atoms with van der Waals surface area (Å²) in [5.41, 5.74) is 4.72. The van der Waals surface area contributed by atoms with Gasteiger partial charge in [-0.25, -0.2) is 13.1 Å². The van der Waals surface area contributed by atoms with Crippen molar-refractivity contribution in [2.45, 2.75) is 63.8 Å². The minimum atomic E-state index is -3.72. The number of anilines is 1. The number of sulfonamides is 1. The maximum atomic E-state index is 13.2. The number of fused-ring (bicyclic) bond motifs is 1. The summed E-state index contributed by atoms with van der Waals surface area (Å²) in [6.07, 6.45) is 2.60. The van der Waals surface area contributed by atoms with Crippen LogP contribution in [0.2, 0.25) is 0 Å². The quantitative estimate of drug-likeness (QED) is 0.667. The molecule has 0 spiro atoms. The summed E-state index contributed by atoms with van der Waals surface area (Å²) >= 11 is 0. The molecule has 0 aromatic heterocycles. The molecule has 1 aliphatic heterocycles. The molecule has 7 heteroatoms. The number of carbonyl (C=O) groups is 1. The summed E-state index contributed by atoms with van der Waals surface area (Å²) in [6, 6.07) is 8.70. The van der Waals surface area contributed by atoms with Crippen LogP contribution < -0.4 is 14.4 Å². The van der Waals surface area contributed by atoms with Gasteiger partial charge in [0.25, 0.3) is 0 Å². The number of benzene rings is 2. The maximum absolute atomic E-state index is 13.2.